The molecule has 4 heteroatoms. The number of hydrogen-bond donors (Lipinski definition) is 1. The van der Waals surface area contributed by atoms with Crippen LogP contribution in [0.15, 0.2) is 0 Å². The Balaban J connectivity index is 2.52. The summed E-state index contributed by atoms with van der Waals surface area (Å²) in [6.07, 6.45) is 0.0907. The van der Waals surface area contributed by atoms with Gasteiger partial charge < -0.3 is 14.7 Å². The summed E-state index contributed by atoms with van der Waals surface area (Å²) in [6, 6.07) is 0. The molecule has 1 aliphatic rings. The van der Waals surface area contributed by atoms with Gasteiger partial charge in [-0.3, -0.25) is 0 Å². The van der Waals surface area contributed by atoms with Crippen molar-refractivity contribution in [3.63, 3.8) is 0 Å². The Morgan fingerprint density at radius 1 is 1.41 bits per heavy atom. The first-order chi connectivity index (χ1) is 7.70. The van der Waals surface area contributed by atoms with E-state index in [-0.39, 0.29) is 12.0 Å². The third-order valence-corrected chi connectivity index (χ3v) is 3.14. The summed E-state index contributed by atoms with van der Waals surface area (Å²) in [5, 5.41) is 10.0. The second kappa shape index (κ2) is 5.25. The van der Waals surface area contributed by atoms with Crippen molar-refractivity contribution in [2.45, 2.75) is 52.7 Å². The summed E-state index contributed by atoms with van der Waals surface area (Å²) in [7, 11) is 0. The van der Waals surface area contributed by atoms with Crippen LogP contribution >= 0.6 is 0 Å². The standard InChI is InChI=1S/C13H25NO3/c1-9(2)10-6-7-14(8-11(10)15)12(16)17-13(3,4)5/h9-11,15H,6-8H2,1-5H3/t10-,11+/m1/s1. The molecule has 4 nitrogen and oxygen atoms in total. The number of amides is 1. The van der Waals surface area contributed by atoms with E-state index in [1.54, 1.807) is 4.90 Å². The zero-order valence-electron chi connectivity index (χ0n) is 11.6. The molecule has 0 bridgehead atoms. The van der Waals surface area contributed by atoms with E-state index in [1.165, 1.54) is 0 Å². The monoisotopic (exact) mass is 243 g/mol. The number of aliphatic hydroxyl groups is 1. The third kappa shape index (κ3) is 4.19. The summed E-state index contributed by atoms with van der Waals surface area (Å²) >= 11 is 0. The first-order valence-corrected chi connectivity index (χ1v) is 6.36. The minimum absolute atomic E-state index is 0.286. The molecule has 0 aromatic heterocycles. The Bertz CT molecular complexity index is 270. The van der Waals surface area contributed by atoms with Crippen LogP contribution in [0.1, 0.15) is 41.0 Å². The van der Waals surface area contributed by atoms with Crippen molar-refractivity contribution >= 4 is 6.09 Å². The van der Waals surface area contributed by atoms with Crippen LogP contribution in [-0.2, 0) is 4.74 Å². The van der Waals surface area contributed by atoms with Crippen LogP contribution in [0, 0.1) is 11.8 Å². The number of hydrogen-bond acceptors (Lipinski definition) is 3. The van der Waals surface area contributed by atoms with E-state index in [2.05, 4.69) is 13.8 Å². The van der Waals surface area contributed by atoms with Crippen molar-refractivity contribution in [1.82, 2.24) is 4.90 Å². The highest BCUT2D eigenvalue weighted by molar-refractivity contribution is 5.68. The average Bonchev–Trinajstić information content (AvgIpc) is 2.14. The van der Waals surface area contributed by atoms with Crippen molar-refractivity contribution in [1.29, 1.82) is 0 Å². The summed E-state index contributed by atoms with van der Waals surface area (Å²) in [6.45, 7) is 10.8. The number of carbonyl (C=O) groups excluding carboxylic acids is 1. The molecule has 1 aliphatic heterocycles. The Kier molecular flexibility index (Phi) is 4.42. The third-order valence-electron chi connectivity index (χ3n) is 3.14. The minimum atomic E-state index is -0.475. The van der Waals surface area contributed by atoms with Gasteiger partial charge in [-0.1, -0.05) is 13.8 Å². The Morgan fingerprint density at radius 3 is 2.41 bits per heavy atom. The van der Waals surface area contributed by atoms with Gasteiger partial charge in [0.2, 0.25) is 0 Å². The van der Waals surface area contributed by atoms with Gasteiger partial charge in [-0.05, 0) is 39.0 Å². The topological polar surface area (TPSA) is 49.8 Å². The molecule has 0 spiro atoms. The molecule has 0 unspecified atom stereocenters. The molecule has 0 radical (unpaired) electrons. The molecule has 2 atom stereocenters. The van der Waals surface area contributed by atoms with E-state index >= 15 is 0 Å². The van der Waals surface area contributed by atoms with E-state index in [0.29, 0.717) is 19.0 Å². The van der Waals surface area contributed by atoms with E-state index in [9.17, 15) is 9.90 Å². The lowest BCUT2D eigenvalue weighted by Crippen LogP contribution is -2.49. The predicted molar refractivity (Wildman–Crippen MR) is 66.8 cm³/mol. The second-order valence-corrected chi connectivity index (χ2v) is 6.19. The first kappa shape index (κ1) is 14.3. The zero-order chi connectivity index (χ0) is 13.2. The largest absolute Gasteiger partial charge is 0.444 e. The Morgan fingerprint density at radius 2 is 2.00 bits per heavy atom. The molecular weight excluding hydrogens is 218 g/mol. The Hall–Kier alpha value is -0.770. The fourth-order valence-corrected chi connectivity index (χ4v) is 2.22. The van der Waals surface area contributed by atoms with E-state index in [4.69, 9.17) is 4.74 Å². The summed E-state index contributed by atoms with van der Waals surface area (Å²) in [5.41, 5.74) is -0.475. The van der Waals surface area contributed by atoms with Crippen LogP contribution in [0.4, 0.5) is 4.79 Å². The SMILES string of the molecule is CC(C)[C@H]1CCN(C(=O)OC(C)(C)C)C[C@@H]1O. The molecule has 1 N–H and O–H groups in total. The van der Waals surface area contributed by atoms with Gasteiger partial charge in [-0.2, -0.15) is 0 Å². The molecule has 1 amide bonds. The number of aliphatic hydroxyl groups excluding tert-OH is 1. The number of rotatable bonds is 1. The fourth-order valence-electron chi connectivity index (χ4n) is 2.22. The normalized spacial score (nSPS) is 26.2. The molecule has 1 fully saturated rings. The molecule has 0 aliphatic carbocycles. The fraction of sp³-hybridized carbons (Fsp3) is 0.923. The van der Waals surface area contributed by atoms with Gasteiger partial charge in [-0.15, -0.1) is 0 Å². The summed E-state index contributed by atoms with van der Waals surface area (Å²) in [5.74, 6) is 0.736. The van der Waals surface area contributed by atoms with Crippen LogP contribution in [-0.4, -0.2) is 40.9 Å². The molecule has 0 saturated carbocycles. The van der Waals surface area contributed by atoms with E-state index in [0.717, 1.165) is 6.42 Å². The molecule has 1 rings (SSSR count). The van der Waals surface area contributed by atoms with Crippen LogP contribution < -0.4 is 0 Å². The number of ether oxygens (including phenoxy) is 1. The van der Waals surface area contributed by atoms with E-state index in [1.807, 2.05) is 20.8 Å². The molecule has 1 saturated heterocycles. The van der Waals surface area contributed by atoms with Crippen molar-refractivity contribution in [3.05, 3.63) is 0 Å². The molecule has 100 valence electrons. The lowest BCUT2D eigenvalue weighted by Gasteiger charge is -2.38. The number of nitrogens with zero attached hydrogens (tertiary/aromatic N) is 1. The number of β-amino-alcohol motifs (C(OH)–C–C–N with tert-alkyl or cyclic N) is 1. The van der Waals surface area contributed by atoms with Crippen LogP contribution in [0.2, 0.25) is 0 Å². The predicted octanol–water partition coefficient (Wildman–Crippen LogP) is 2.26. The molecule has 17 heavy (non-hydrogen) atoms. The van der Waals surface area contributed by atoms with Gasteiger partial charge in [-0.25, -0.2) is 4.79 Å². The van der Waals surface area contributed by atoms with Crippen LogP contribution in [0.5, 0.6) is 0 Å². The number of likely N-dealkylation sites (tertiary alicyclic amines) is 1. The maximum Gasteiger partial charge on any atom is 0.410 e. The van der Waals surface area contributed by atoms with Crippen molar-refractivity contribution < 1.29 is 14.6 Å². The number of piperidine rings is 1. The quantitative estimate of drug-likeness (QED) is 0.768. The maximum atomic E-state index is 11.8. The highest BCUT2D eigenvalue weighted by atomic mass is 16.6. The number of carbonyl (C=O) groups is 1. The van der Waals surface area contributed by atoms with Crippen molar-refractivity contribution in [2.24, 2.45) is 11.8 Å². The minimum Gasteiger partial charge on any atom is -0.444 e. The van der Waals surface area contributed by atoms with Crippen LogP contribution in [0.3, 0.4) is 0 Å². The molecule has 0 aromatic rings. The molecular formula is C13H25NO3. The average molecular weight is 243 g/mol. The lowest BCUT2D eigenvalue weighted by atomic mass is 9.84. The smallest absolute Gasteiger partial charge is 0.410 e. The maximum absolute atomic E-state index is 11.8. The van der Waals surface area contributed by atoms with Gasteiger partial charge in [0.05, 0.1) is 12.6 Å². The summed E-state index contributed by atoms with van der Waals surface area (Å²) < 4.78 is 5.30. The van der Waals surface area contributed by atoms with Gasteiger partial charge >= 0.3 is 6.09 Å². The highest BCUT2D eigenvalue weighted by Gasteiger charge is 2.33. The lowest BCUT2D eigenvalue weighted by molar-refractivity contribution is -0.0214. The van der Waals surface area contributed by atoms with Crippen molar-refractivity contribution in [2.75, 3.05) is 13.1 Å². The van der Waals surface area contributed by atoms with Crippen LogP contribution in [0.25, 0.3) is 0 Å². The van der Waals surface area contributed by atoms with Gasteiger partial charge in [0, 0.05) is 6.54 Å². The van der Waals surface area contributed by atoms with E-state index < -0.39 is 11.7 Å². The van der Waals surface area contributed by atoms with Gasteiger partial charge in [0.25, 0.3) is 0 Å². The zero-order valence-corrected chi connectivity index (χ0v) is 11.6. The highest BCUT2D eigenvalue weighted by Crippen LogP contribution is 2.25. The van der Waals surface area contributed by atoms with Gasteiger partial charge in [0.15, 0.2) is 0 Å². The Labute approximate surface area is 104 Å². The van der Waals surface area contributed by atoms with Gasteiger partial charge in [0.1, 0.15) is 5.60 Å². The first-order valence-electron chi connectivity index (χ1n) is 6.36. The summed E-state index contributed by atoms with van der Waals surface area (Å²) in [4.78, 5) is 13.4. The second-order valence-electron chi connectivity index (χ2n) is 6.19. The molecule has 0 aromatic carbocycles. The van der Waals surface area contributed by atoms with Crippen molar-refractivity contribution in [3.8, 4) is 0 Å². The molecule has 1 heterocycles.